The molecule has 134 valence electrons. The van der Waals surface area contributed by atoms with Gasteiger partial charge in [-0.2, -0.15) is 0 Å². The van der Waals surface area contributed by atoms with Crippen molar-refractivity contribution in [3.8, 4) is 0 Å². The molecule has 0 unspecified atom stereocenters. The molecule has 0 amide bonds. The molecule has 0 fully saturated rings. The summed E-state index contributed by atoms with van der Waals surface area (Å²) in [6.45, 7) is 2.26. The third-order valence-corrected chi connectivity index (χ3v) is 4.06. The highest BCUT2D eigenvalue weighted by Crippen LogP contribution is 2.09. The monoisotopic (exact) mass is 322 g/mol. The average molecular weight is 323 g/mol. The maximum atomic E-state index is 10.3. The molecule has 0 heterocycles. The summed E-state index contributed by atoms with van der Waals surface area (Å²) in [5.74, 6) is -0.690. The van der Waals surface area contributed by atoms with Crippen molar-refractivity contribution in [1.82, 2.24) is 0 Å². The van der Waals surface area contributed by atoms with Crippen LogP contribution in [0.2, 0.25) is 0 Å². The van der Waals surface area contributed by atoms with Gasteiger partial charge in [0.15, 0.2) is 0 Å². The van der Waals surface area contributed by atoms with E-state index < -0.39 is 5.97 Å². The minimum atomic E-state index is -0.690. The third-order valence-electron chi connectivity index (χ3n) is 4.06. The fourth-order valence-corrected chi connectivity index (χ4v) is 2.59. The number of hydrogen-bond donors (Lipinski definition) is 1. The van der Waals surface area contributed by atoms with Gasteiger partial charge in [-0.3, -0.25) is 4.79 Å². The van der Waals surface area contributed by atoms with Gasteiger partial charge in [-0.15, -0.1) is 0 Å². The van der Waals surface area contributed by atoms with E-state index in [9.17, 15) is 4.79 Å². The second kappa shape index (κ2) is 19.0. The predicted molar refractivity (Wildman–Crippen MR) is 101 cm³/mol. The molecule has 0 atom stereocenters. The van der Waals surface area contributed by atoms with Crippen LogP contribution in [-0.4, -0.2) is 11.1 Å². The van der Waals surface area contributed by atoms with Gasteiger partial charge in [0.25, 0.3) is 0 Å². The van der Waals surface area contributed by atoms with Crippen LogP contribution in [0.15, 0.2) is 24.3 Å². The van der Waals surface area contributed by atoms with Crippen molar-refractivity contribution in [1.29, 1.82) is 0 Å². The summed E-state index contributed by atoms with van der Waals surface area (Å²) in [4.78, 5) is 10.3. The molecular weight excluding hydrogens is 284 g/mol. The summed E-state index contributed by atoms with van der Waals surface area (Å²) in [6.07, 6.45) is 26.7. The summed E-state index contributed by atoms with van der Waals surface area (Å²) in [5.41, 5.74) is 0. The van der Waals surface area contributed by atoms with Crippen LogP contribution in [0.5, 0.6) is 0 Å². The fourth-order valence-electron chi connectivity index (χ4n) is 2.59. The first-order chi connectivity index (χ1) is 11.3. The van der Waals surface area contributed by atoms with Crippen LogP contribution in [0.25, 0.3) is 0 Å². The molecule has 0 aromatic carbocycles. The topological polar surface area (TPSA) is 37.3 Å². The van der Waals surface area contributed by atoms with Gasteiger partial charge in [-0.05, 0) is 51.4 Å². The van der Waals surface area contributed by atoms with Crippen LogP contribution in [-0.2, 0) is 4.79 Å². The highest BCUT2D eigenvalue weighted by atomic mass is 16.4. The lowest BCUT2D eigenvalue weighted by Crippen LogP contribution is -1.92. The normalized spacial score (nSPS) is 11.7. The van der Waals surface area contributed by atoms with Gasteiger partial charge >= 0.3 is 5.97 Å². The molecule has 0 bridgehead atoms. The van der Waals surface area contributed by atoms with Gasteiger partial charge in [0.2, 0.25) is 0 Å². The van der Waals surface area contributed by atoms with Gasteiger partial charge < -0.3 is 5.11 Å². The highest BCUT2D eigenvalue weighted by Gasteiger charge is 1.93. The van der Waals surface area contributed by atoms with Crippen molar-refractivity contribution in [3.63, 3.8) is 0 Å². The molecular formula is C21H38O2. The van der Waals surface area contributed by atoms with E-state index in [1.807, 2.05) is 0 Å². The molecule has 23 heavy (non-hydrogen) atoms. The lowest BCUT2D eigenvalue weighted by atomic mass is 10.1. The third kappa shape index (κ3) is 21.0. The Morgan fingerprint density at radius 3 is 1.48 bits per heavy atom. The minimum Gasteiger partial charge on any atom is -0.481 e. The summed E-state index contributed by atoms with van der Waals surface area (Å²) in [6, 6.07) is 0. The largest absolute Gasteiger partial charge is 0.481 e. The van der Waals surface area contributed by atoms with E-state index in [-0.39, 0.29) is 6.42 Å². The highest BCUT2D eigenvalue weighted by molar-refractivity contribution is 5.66. The first-order valence-corrected chi connectivity index (χ1v) is 9.79. The van der Waals surface area contributed by atoms with Gasteiger partial charge in [0, 0.05) is 6.42 Å². The van der Waals surface area contributed by atoms with E-state index in [2.05, 4.69) is 31.2 Å². The van der Waals surface area contributed by atoms with E-state index in [1.54, 1.807) is 0 Å². The quantitative estimate of drug-likeness (QED) is 0.230. The fraction of sp³-hybridized carbons (Fsp3) is 0.762. The Balaban J connectivity index is 3.14. The van der Waals surface area contributed by atoms with Gasteiger partial charge in [0.05, 0.1) is 0 Å². The number of rotatable bonds is 17. The lowest BCUT2D eigenvalue weighted by molar-refractivity contribution is -0.137. The lowest BCUT2D eigenvalue weighted by Gasteiger charge is -1.98. The number of aliphatic carboxylic acids is 1. The molecule has 0 aromatic heterocycles. The molecule has 0 saturated heterocycles. The SMILES string of the molecule is CCCCCCC=CCCCCCCCC=CCCCC(=O)O. The zero-order chi connectivity index (χ0) is 17.0. The Morgan fingerprint density at radius 1 is 0.652 bits per heavy atom. The summed E-state index contributed by atoms with van der Waals surface area (Å²) >= 11 is 0. The zero-order valence-corrected chi connectivity index (χ0v) is 15.3. The average Bonchev–Trinajstić information content (AvgIpc) is 2.53. The van der Waals surface area contributed by atoms with Crippen molar-refractivity contribution >= 4 is 5.97 Å². The molecule has 2 heteroatoms. The molecule has 0 aliphatic heterocycles. The van der Waals surface area contributed by atoms with Crippen molar-refractivity contribution in [2.45, 2.75) is 103 Å². The second-order valence-corrected chi connectivity index (χ2v) is 6.42. The zero-order valence-electron chi connectivity index (χ0n) is 15.3. The van der Waals surface area contributed by atoms with Gasteiger partial charge in [-0.25, -0.2) is 0 Å². The van der Waals surface area contributed by atoms with Crippen LogP contribution >= 0.6 is 0 Å². The first-order valence-electron chi connectivity index (χ1n) is 9.79. The molecule has 0 aromatic rings. The van der Waals surface area contributed by atoms with Crippen molar-refractivity contribution < 1.29 is 9.90 Å². The maximum Gasteiger partial charge on any atom is 0.303 e. The van der Waals surface area contributed by atoms with Crippen LogP contribution in [0.4, 0.5) is 0 Å². The van der Waals surface area contributed by atoms with Crippen molar-refractivity contribution in [2.75, 3.05) is 0 Å². The molecule has 0 saturated carbocycles. The van der Waals surface area contributed by atoms with E-state index in [0.717, 1.165) is 19.3 Å². The Labute approximate surface area is 144 Å². The standard InChI is InChI=1S/C21H38O2/c1-2-3-4-5-6-7-8-9-10-11-12-13-14-15-16-17-18-19-20-21(22)23/h7-8,16-17H,2-6,9-15,18-20H2,1H3,(H,22,23). The summed E-state index contributed by atoms with van der Waals surface area (Å²) in [5, 5.41) is 8.52. The number of hydrogen-bond acceptors (Lipinski definition) is 1. The van der Waals surface area contributed by atoms with Crippen LogP contribution in [0.3, 0.4) is 0 Å². The van der Waals surface area contributed by atoms with E-state index in [1.165, 1.54) is 70.6 Å². The Hall–Kier alpha value is -1.05. The van der Waals surface area contributed by atoms with E-state index in [4.69, 9.17) is 5.11 Å². The summed E-state index contributed by atoms with van der Waals surface area (Å²) < 4.78 is 0. The summed E-state index contributed by atoms with van der Waals surface area (Å²) in [7, 11) is 0. The Bertz CT molecular complexity index is 305. The molecule has 0 radical (unpaired) electrons. The molecule has 0 aliphatic rings. The Kier molecular flexibility index (Phi) is 18.1. The van der Waals surface area contributed by atoms with Gasteiger partial charge in [-0.1, -0.05) is 69.8 Å². The second-order valence-electron chi connectivity index (χ2n) is 6.42. The number of carboxylic acids is 1. The number of allylic oxidation sites excluding steroid dienone is 4. The molecule has 0 aliphatic carbocycles. The van der Waals surface area contributed by atoms with Crippen molar-refractivity contribution in [3.05, 3.63) is 24.3 Å². The molecule has 0 rings (SSSR count). The smallest absolute Gasteiger partial charge is 0.303 e. The van der Waals surface area contributed by atoms with E-state index >= 15 is 0 Å². The molecule has 2 nitrogen and oxygen atoms in total. The maximum absolute atomic E-state index is 10.3. The molecule has 0 spiro atoms. The van der Waals surface area contributed by atoms with Crippen LogP contribution < -0.4 is 0 Å². The predicted octanol–water partition coefficient (Wildman–Crippen LogP) is 7.05. The minimum absolute atomic E-state index is 0.289. The number of carbonyl (C=O) groups is 1. The van der Waals surface area contributed by atoms with Gasteiger partial charge in [0.1, 0.15) is 0 Å². The van der Waals surface area contributed by atoms with Crippen LogP contribution in [0.1, 0.15) is 103 Å². The van der Waals surface area contributed by atoms with Crippen molar-refractivity contribution in [2.24, 2.45) is 0 Å². The molecule has 1 N–H and O–H groups in total. The number of carboxylic acid groups (broad SMARTS) is 1. The Morgan fingerprint density at radius 2 is 1.04 bits per heavy atom. The first kappa shape index (κ1) is 21.9. The van der Waals surface area contributed by atoms with E-state index in [0.29, 0.717) is 0 Å². The number of unbranched alkanes of at least 4 members (excludes halogenated alkanes) is 11. The van der Waals surface area contributed by atoms with Crippen LogP contribution in [0, 0.1) is 0 Å².